The number of benzene rings is 1. The van der Waals surface area contributed by atoms with Crippen molar-refractivity contribution in [2.45, 2.75) is 6.92 Å². The highest BCUT2D eigenvalue weighted by Crippen LogP contribution is 2.27. The number of hydrogen-bond acceptors (Lipinski definition) is 2. The molecule has 0 aliphatic carbocycles. The number of rotatable bonds is 1. The van der Waals surface area contributed by atoms with Gasteiger partial charge < -0.3 is 5.32 Å². The van der Waals surface area contributed by atoms with Gasteiger partial charge in [-0.1, -0.05) is 15.9 Å². The van der Waals surface area contributed by atoms with Gasteiger partial charge in [-0.15, -0.1) is 0 Å². The number of amides is 1. The van der Waals surface area contributed by atoms with Gasteiger partial charge in [0.1, 0.15) is 0 Å². The van der Waals surface area contributed by atoms with Crippen LogP contribution in [0.3, 0.4) is 0 Å². The minimum absolute atomic E-state index is 0.0942. The van der Waals surface area contributed by atoms with Crippen LogP contribution in [0.2, 0.25) is 0 Å². The largest absolute Gasteiger partial charge is 0.324 e. The van der Waals surface area contributed by atoms with E-state index in [-0.39, 0.29) is 5.91 Å². The molecule has 72 valence electrons. The Hall–Kier alpha value is -1.36. The highest BCUT2D eigenvalue weighted by atomic mass is 79.9. The van der Waals surface area contributed by atoms with Gasteiger partial charge in [-0.3, -0.25) is 9.89 Å². The lowest BCUT2D eigenvalue weighted by Gasteiger charge is -2.03. The minimum Gasteiger partial charge on any atom is -0.324 e. The molecule has 2 N–H and O–H groups in total. The molecule has 14 heavy (non-hydrogen) atoms. The number of anilines is 1. The third kappa shape index (κ3) is 1.50. The second-order valence-corrected chi connectivity index (χ2v) is 3.79. The molecule has 2 aromatic rings. The molecule has 0 unspecified atom stereocenters. The average Bonchev–Trinajstić information content (AvgIpc) is 2.58. The molecule has 1 aromatic heterocycles. The normalized spacial score (nSPS) is 10.4. The van der Waals surface area contributed by atoms with Crippen LogP contribution in [-0.4, -0.2) is 16.1 Å². The number of nitrogens with one attached hydrogen (secondary N) is 2. The molecule has 0 spiro atoms. The molecular weight excluding hydrogens is 246 g/mol. The Bertz CT molecular complexity index is 492. The van der Waals surface area contributed by atoms with Crippen LogP contribution in [-0.2, 0) is 4.79 Å². The van der Waals surface area contributed by atoms with E-state index in [1.165, 1.54) is 6.92 Å². The Kier molecular flexibility index (Phi) is 2.25. The van der Waals surface area contributed by atoms with E-state index in [4.69, 9.17) is 0 Å². The van der Waals surface area contributed by atoms with Crippen molar-refractivity contribution in [2.24, 2.45) is 0 Å². The van der Waals surface area contributed by atoms with E-state index in [1.807, 2.05) is 12.1 Å². The summed E-state index contributed by atoms with van der Waals surface area (Å²) in [6, 6.07) is 3.70. The molecular formula is C9H8BrN3O. The van der Waals surface area contributed by atoms with Crippen molar-refractivity contribution >= 4 is 38.4 Å². The predicted molar refractivity (Wildman–Crippen MR) is 58.1 cm³/mol. The molecule has 0 fully saturated rings. The summed E-state index contributed by atoms with van der Waals surface area (Å²) in [6.45, 7) is 1.48. The quantitative estimate of drug-likeness (QED) is 0.820. The molecule has 0 saturated carbocycles. The molecule has 0 aliphatic heterocycles. The van der Waals surface area contributed by atoms with Gasteiger partial charge in [0.25, 0.3) is 0 Å². The molecule has 4 nitrogen and oxygen atoms in total. The van der Waals surface area contributed by atoms with Crippen molar-refractivity contribution < 1.29 is 4.79 Å². The number of H-pyrrole nitrogens is 1. The molecule has 0 bridgehead atoms. The number of carbonyl (C=O) groups is 1. The Balaban J connectivity index is 2.60. The fourth-order valence-corrected chi connectivity index (χ4v) is 1.73. The van der Waals surface area contributed by atoms with Gasteiger partial charge in [0.05, 0.1) is 17.4 Å². The first-order valence-corrected chi connectivity index (χ1v) is 4.87. The Morgan fingerprint density at radius 2 is 2.36 bits per heavy atom. The van der Waals surface area contributed by atoms with Crippen molar-refractivity contribution in [3.05, 3.63) is 22.8 Å². The van der Waals surface area contributed by atoms with E-state index in [9.17, 15) is 4.79 Å². The molecule has 2 rings (SSSR count). The molecule has 0 saturated heterocycles. The van der Waals surface area contributed by atoms with E-state index < -0.39 is 0 Å². The number of nitrogens with zero attached hydrogens (tertiary/aromatic N) is 1. The van der Waals surface area contributed by atoms with Gasteiger partial charge in [-0.25, -0.2) is 0 Å². The minimum atomic E-state index is -0.0942. The first kappa shape index (κ1) is 9.21. The Labute approximate surface area is 88.8 Å². The fraction of sp³-hybridized carbons (Fsp3) is 0.111. The van der Waals surface area contributed by atoms with Crippen LogP contribution in [0, 0.1) is 0 Å². The second-order valence-electron chi connectivity index (χ2n) is 2.93. The zero-order chi connectivity index (χ0) is 10.1. The monoisotopic (exact) mass is 253 g/mol. The smallest absolute Gasteiger partial charge is 0.221 e. The number of carbonyl (C=O) groups excluding carboxylic acids is 1. The number of hydrogen-bond donors (Lipinski definition) is 2. The predicted octanol–water partition coefficient (Wildman–Crippen LogP) is 2.28. The molecule has 1 heterocycles. The van der Waals surface area contributed by atoms with Gasteiger partial charge in [0.15, 0.2) is 0 Å². The van der Waals surface area contributed by atoms with E-state index in [1.54, 1.807) is 6.20 Å². The lowest BCUT2D eigenvalue weighted by atomic mass is 10.2. The summed E-state index contributed by atoms with van der Waals surface area (Å²) in [5.74, 6) is -0.0942. The maximum Gasteiger partial charge on any atom is 0.221 e. The summed E-state index contributed by atoms with van der Waals surface area (Å²) in [7, 11) is 0. The van der Waals surface area contributed by atoms with Crippen molar-refractivity contribution in [3.8, 4) is 0 Å². The highest BCUT2D eigenvalue weighted by Gasteiger charge is 2.06. The van der Waals surface area contributed by atoms with Crippen molar-refractivity contribution in [2.75, 3.05) is 5.32 Å². The van der Waals surface area contributed by atoms with Gasteiger partial charge in [0.2, 0.25) is 5.91 Å². The molecule has 0 radical (unpaired) electrons. The third-order valence-corrected chi connectivity index (χ3v) is 2.56. The second kappa shape index (κ2) is 3.42. The van der Waals surface area contributed by atoms with Crippen LogP contribution in [0.5, 0.6) is 0 Å². The maximum atomic E-state index is 10.9. The number of aromatic amines is 1. The van der Waals surface area contributed by atoms with Gasteiger partial charge in [-0.05, 0) is 12.1 Å². The summed E-state index contributed by atoms with van der Waals surface area (Å²) in [5.41, 5.74) is 1.57. The summed E-state index contributed by atoms with van der Waals surface area (Å²) < 4.78 is 0.954. The Morgan fingerprint density at radius 1 is 1.57 bits per heavy atom. The summed E-state index contributed by atoms with van der Waals surface area (Å²) in [5, 5.41) is 10.4. The SMILES string of the molecule is CC(=O)Nc1ccc(Br)c2cn[nH]c12. The van der Waals surface area contributed by atoms with Gasteiger partial charge in [-0.2, -0.15) is 5.10 Å². The van der Waals surface area contributed by atoms with E-state index in [2.05, 4.69) is 31.4 Å². The molecule has 1 aromatic carbocycles. The van der Waals surface area contributed by atoms with E-state index in [0.717, 1.165) is 21.1 Å². The summed E-state index contributed by atoms with van der Waals surface area (Å²) >= 11 is 3.40. The molecule has 0 atom stereocenters. The number of fused-ring (bicyclic) bond motifs is 1. The lowest BCUT2D eigenvalue weighted by Crippen LogP contribution is -2.06. The average molecular weight is 254 g/mol. The van der Waals surface area contributed by atoms with Crippen LogP contribution in [0.15, 0.2) is 22.8 Å². The zero-order valence-electron chi connectivity index (χ0n) is 7.47. The van der Waals surface area contributed by atoms with E-state index in [0.29, 0.717) is 0 Å². The number of halogens is 1. The van der Waals surface area contributed by atoms with Crippen LogP contribution < -0.4 is 5.32 Å². The summed E-state index contributed by atoms with van der Waals surface area (Å²) in [6.07, 6.45) is 1.71. The van der Waals surface area contributed by atoms with Gasteiger partial charge >= 0.3 is 0 Å². The van der Waals surface area contributed by atoms with Crippen molar-refractivity contribution in [1.29, 1.82) is 0 Å². The topological polar surface area (TPSA) is 57.8 Å². The molecule has 1 amide bonds. The zero-order valence-corrected chi connectivity index (χ0v) is 9.05. The first-order chi connectivity index (χ1) is 6.68. The van der Waals surface area contributed by atoms with E-state index >= 15 is 0 Å². The molecule has 5 heteroatoms. The first-order valence-electron chi connectivity index (χ1n) is 4.07. The van der Waals surface area contributed by atoms with Crippen LogP contribution in [0.1, 0.15) is 6.92 Å². The standard InChI is InChI=1S/C9H8BrN3O/c1-5(14)12-8-3-2-7(10)6-4-11-13-9(6)8/h2-4H,1H3,(H,11,13)(H,12,14). The highest BCUT2D eigenvalue weighted by molar-refractivity contribution is 9.10. The Morgan fingerprint density at radius 3 is 3.07 bits per heavy atom. The lowest BCUT2D eigenvalue weighted by molar-refractivity contribution is -0.114. The maximum absolute atomic E-state index is 10.9. The summed E-state index contributed by atoms with van der Waals surface area (Å²) in [4.78, 5) is 10.9. The van der Waals surface area contributed by atoms with Gasteiger partial charge in [0, 0.05) is 16.8 Å². The van der Waals surface area contributed by atoms with Crippen molar-refractivity contribution in [1.82, 2.24) is 10.2 Å². The van der Waals surface area contributed by atoms with Crippen LogP contribution in [0.25, 0.3) is 10.9 Å². The van der Waals surface area contributed by atoms with Crippen LogP contribution in [0.4, 0.5) is 5.69 Å². The number of aromatic nitrogens is 2. The third-order valence-electron chi connectivity index (χ3n) is 1.87. The molecule has 0 aliphatic rings. The van der Waals surface area contributed by atoms with Crippen molar-refractivity contribution in [3.63, 3.8) is 0 Å². The fourth-order valence-electron chi connectivity index (χ4n) is 1.30. The van der Waals surface area contributed by atoms with Crippen LogP contribution >= 0.6 is 15.9 Å².